The highest BCUT2D eigenvalue weighted by Gasteiger charge is 2.10. The third-order valence-electron chi connectivity index (χ3n) is 3.55. The van der Waals surface area contributed by atoms with Crippen molar-refractivity contribution in [2.24, 2.45) is 12.0 Å². The molecule has 0 aliphatic carbocycles. The molecule has 0 fully saturated rings. The summed E-state index contributed by atoms with van der Waals surface area (Å²) >= 11 is 6.57. The third-order valence-corrected chi connectivity index (χ3v) is 6.08. The number of aromatic nitrogens is 2. The van der Waals surface area contributed by atoms with E-state index in [2.05, 4.69) is 25.9 Å². The number of benzene rings is 2. The zero-order valence-electron chi connectivity index (χ0n) is 12.0. The van der Waals surface area contributed by atoms with Gasteiger partial charge < -0.3 is 4.57 Å². The molecule has 0 aliphatic rings. The summed E-state index contributed by atoms with van der Waals surface area (Å²) in [5.41, 5.74) is 4.31. The number of nitrogens with zero attached hydrogens (tertiary/aromatic N) is 3. The molecule has 7 heteroatoms. The molecule has 0 aliphatic heterocycles. The molecule has 0 unspecified atom stereocenters. The lowest BCUT2D eigenvalue weighted by Crippen LogP contribution is -2.13. The minimum Gasteiger partial charge on any atom is -0.318 e. The highest BCUT2D eigenvalue weighted by atomic mass is 79.9. The van der Waals surface area contributed by atoms with Crippen molar-refractivity contribution in [3.8, 4) is 0 Å². The Bertz CT molecular complexity index is 1120. The maximum Gasteiger partial charge on any atom is 0.279 e. The molecule has 1 amide bonds. The molecule has 0 radical (unpaired) electrons. The van der Waals surface area contributed by atoms with E-state index in [1.165, 1.54) is 22.7 Å². The SMILES string of the molecule is Cn1c(=NC(=O)c2ccc3ncsc3c2)sc2cccc(Br)c21. The lowest BCUT2D eigenvalue weighted by molar-refractivity contribution is 0.0998. The van der Waals surface area contributed by atoms with Gasteiger partial charge in [-0.2, -0.15) is 4.99 Å². The lowest BCUT2D eigenvalue weighted by atomic mass is 10.2. The average Bonchev–Trinajstić information content (AvgIpc) is 3.12. The molecule has 2 aromatic heterocycles. The molecular weight excluding hydrogens is 394 g/mol. The number of amides is 1. The van der Waals surface area contributed by atoms with Gasteiger partial charge in [-0.3, -0.25) is 4.79 Å². The second-order valence-electron chi connectivity index (χ2n) is 4.98. The standard InChI is InChI=1S/C16H10BrN3OS2/c1-20-14-10(17)3-2-4-12(14)23-16(20)19-15(21)9-5-6-11-13(7-9)22-8-18-11/h2-8H,1H3. The van der Waals surface area contributed by atoms with Crippen molar-refractivity contribution in [3.05, 3.63) is 56.7 Å². The van der Waals surface area contributed by atoms with Gasteiger partial charge in [-0.05, 0) is 46.3 Å². The molecule has 4 aromatic rings. The van der Waals surface area contributed by atoms with E-state index in [0.717, 1.165) is 24.9 Å². The van der Waals surface area contributed by atoms with Gasteiger partial charge in [0.1, 0.15) is 0 Å². The molecule has 0 bridgehead atoms. The monoisotopic (exact) mass is 403 g/mol. The van der Waals surface area contributed by atoms with Crippen LogP contribution in [-0.2, 0) is 7.05 Å². The first-order valence-corrected chi connectivity index (χ1v) is 9.29. The number of fused-ring (bicyclic) bond motifs is 2. The number of carbonyl (C=O) groups excluding carboxylic acids is 1. The molecule has 0 N–H and O–H groups in total. The van der Waals surface area contributed by atoms with Crippen LogP contribution in [0.15, 0.2) is 51.4 Å². The van der Waals surface area contributed by atoms with Gasteiger partial charge in [-0.25, -0.2) is 4.98 Å². The summed E-state index contributed by atoms with van der Waals surface area (Å²) in [7, 11) is 1.92. The van der Waals surface area contributed by atoms with Crippen molar-refractivity contribution >= 4 is 64.9 Å². The predicted molar refractivity (Wildman–Crippen MR) is 98.0 cm³/mol. The van der Waals surface area contributed by atoms with Gasteiger partial charge in [0.15, 0.2) is 4.80 Å². The number of carbonyl (C=O) groups is 1. The van der Waals surface area contributed by atoms with E-state index in [4.69, 9.17) is 0 Å². The van der Waals surface area contributed by atoms with Gasteiger partial charge in [0.25, 0.3) is 5.91 Å². The van der Waals surface area contributed by atoms with E-state index in [0.29, 0.717) is 10.4 Å². The Morgan fingerprint density at radius 3 is 2.96 bits per heavy atom. The zero-order chi connectivity index (χ0) is 16.0. The van der Waals surface area contributed by atoms with Gasteiger partial charge in [0.05, 0.1) is 25.9 Å². The molecule has 0 saturated heterocycles. The van der Waals surface area contributed by atoms with Crippen LogP contribution in [0.5, 0.6) is 0 Å². The minimum atomic E-state index is -0.237. The molecule has 0 spiro atoms. The van der Waals surface area contributed by atoms with E-state index in [9.17, 15) is 4.79 Å². The molecule has 4 rings (SSSR count). The average molecular weight is 404 g/mol. The first kappa shape index (κ1) is 14.7. The topological polar surface area (TPSA) is 47.2 Å². The number of hydrogen-bond acceptors (Lipinski definition) is 4. The van der Waals surface area contributed by atoms with Crippen LogP contribution in [-0.4, -0.2) is 15.5 Å². The van der Waals surface area contributed by atoms with Crippen molar-refractivity contribution in [3.63, 3.8) is 0 Å². The molecule has 0 saturated carbocycles. The Labute approximate surface area is 147 Å². The largest absolute Gasteiger partial charge is 0.318 e. The second-order valence-corrected chi connectivity index (χ2v) is 7.73. The van der Waals surface area contributed by atoms with Gasteiger partial charge in [-0.1, -0.05) is 17.4 Å². The number of para-hydroxylation sites is 1. The van der Waals surface area contributed by atoms with Gasteiger partial charge in [0, 0.05) is 17.1 Å². The van der Waals surface area contributed by atoms with E-state index < -0.39 is 0 Å². The summed E-state index contributed by atoms with van der Waals surface area (Å²) in [5.74, 6) is -0.237. The molecule has 23 heavy (non-hydrogen) atoms. The third kappa shape index (κ3) is 2.54. The molecule has 114 valence electrons. The number of halogens is 1. The van der Waals surface area contributed by atoms with Crippen LogP contribution >= 0.6 is 38.6 Å². The van der Waals surface area contributed by atoms with Gasteiger partial charge >= 0.3 is 0 Å². The summed E-state index contributed by atoms with van der Waals surface area (Å²) in [6.07, 6.45) is 0. The molecule has 4 nitrogen and oxygen atoms in total. The smallest absolute Gasteiger partial charge is 0.279 e. The Morgan fingerprint density at radius 2 is 2.13 bits per heavy atom. The summed E-state index contributed by atoms with van der Waals surface area (Å²) in [5, 5.41) is 0. The Hall–Kier alpha value is -1.83. The maximum absolute atomic E-state index is 12.5. The van der Waals surface area contributed by atoms with E-state index >= 15 is 0 Å². The Balaban J connectivity index is 1.84. The normalized spacial score (nSPS) is 12.3. The molecular formula is C16H10BrN3OS2. The number of thiazole rings is 2. The summed E-state index contributed by atoms with van der Waals surface area (Å²) < 4.78 is 5.02. The van der Waals surface area contributed by atoms with Crippen LogP contribution in [0.4, 0.5) is 0 Å². The number of hydrogen-bond donors (Lipinski definition) is 0. The van der Waals surface area contributed by atoms with E-state index in [1.807, 2.05) is 41.9 Å². The fraction of sp³-hybridized carbons (Fsp3) is 0.0625. The maximum atomic E-state index is 12.5. The fourth-order valence-electron chi connectivity index (χ4n) is 2.40. The fourth-order valence-corrected chi connectivity index (χ4v) is 4.93. The first-order chi connectivity index (χ1) is 11.1. The Kier molecular flexibility index (Phi) is 3.63. The molecule has 2 aromatic carbocycles. The second kappa shape index (κ2) is 5.67. The summed E-state index contributed by atoms with van der Waals surface area (Å²) in [6.45, 7) is 0. The lowest BCUT2D eigenvalue weighted by Gasteiger charge is -1.98. The highest BCUT2D eigenvalue weighted by molar-refractivity contribution is 9.10. The van der Waals surface area contributed by atoms with Crippen LogP contribution in [0.2, 0.25) is 0 Å². The van der Waals surface area contributed by atoms with Crippen molar-refractivity contribution in [1.82, 2.24) is 9.55 Å². The van der Waals surface area contributed by atoms with Crippen molar-refractivity contribution in [2.75, 3.05) is 0 Å². The van der Waals surface area contributed by atoms with Crippen LogP contribution in [0.1, 0.15) is 10.4 Å². The number of rotatable bonds is 1. The van der Waals surface area contributed by atoms with Crippen LogP contribution < -0.4 is 4.80 Å². The Morgan fingerprint density at radius 1 is 1.26 bits per heavy atom. The molecule has 2 heterocycles. The first-order valence-electron chi connectivity index (χ1n) is 6.80. The number of aryl methyl sites for hydroxylation is 1. The van der Waals surface area contributed by atoms with E-state index in [1.54, 1.807) is 11.6 Å². The van der Waals surface area contributed by atoms with Crippen molar-refractivity contribution < 1.29 is 4.79 Å². The highest BCUT2D eigenvalue weighted by Crippen LogP contribution is 2.25. The minimum absolute atomic E-state index is 0.237. The van der Waals surface area contributed by atoms with Gasteiger partial charge in [0.2, 0.25) is 0 Å². The summed E-state index contributed by atoms with van der Waals surface area (Å²) in [4.78, 5) is 21.7. The van der Waals surface area contributed by atoms with Crippen LogP contribution in [0, 0.1) is 0 Å². The van der Waals surface area contributed by atoms with Crippen molar-refractivity contribution in [1.29, 1.82) is 0 Å². The molecule has 0 atom stereocenters. The quantitative estimate of drug-likeness (QED) is 0.474. The van der Waals surface area contributed by atoms with E-state index in [-0.39, 0.29) is 5.91 Å². The summed E-state index contributed by atoms with van der Waals surface area (Å²) in [6, 6.07) is 11.5. The van der Waals surface area contributed by atoms with Crippen LogP contribution in [0.25, 0.3) is 20.4 Å². The van der Waals surface area contributed by atoms with Crippen LogP contribution in [0.3, 0.4) is 0 Å². The van der Waals surface area contributed by atoms with Gasteiger partial charge in [-0.15, -0.1) is 11.3 Å². The zero-order valence-corrected chi connectivity index (χ0v) is 15.2. The van der Waals surface area contributed by atoms with Crippen molar-refractivity contribution in [2.45, 2.75) is 0 Å². The predicted octanol–water partition coefficient (Wildman–Crippen LogP) is 4.35.